The number of unbranched alkanes of at least 4 members (excludes halogenated alkanes) is 2. The number of quaternary nitrogens is 1. The molecule has 1 aromatic rings. The van der Waals surface area contributed by atoms with Crippen molar-refractivity contribution in [1.82, 2.24) is 10.9 Å². The first-order valence-corrected chi connectivity index (χ1v) is 8.39. The second-order valence-electron chi connectivity index (χ2n) is 5.98. The molecule has 1 atom stereocenters. The van der Waals surface area contributed by atoms with Gasteiger partial charge in [0.1, 0.15) is 6.54 Å². The third-order valence-electron chi connectivity index (χ3n) is 4.05. The minimum absolute atomic E-state index is 0.0911. The van der Waals surface area contributed by atoms with E-state index in [0.29, 0.717) is 6.42 Å². The predicted octanol–water partition coefficient (Wildman–Crippen LogP) is 1.56. The molecular formula is C18H28N3O+. The third kappa shape index (κ3) is 5.90. The van der Waals surface area contributed by atoms with Gasteiger partial charge < -0.3 is 10.3 Å². The molecule has 1 heterocycles. The molecule has 2 rings (SSSR count). The van der Waals surface area contributed by atoms with Crippen LogP contribution < -0.4 is 15.8 Å². The molecule has 0 fully saturated rings. The molecule has 0 spiro atoms. The van der Waals surface area contributed by atoms with Gasteiger partial charge in [-0.2, -0.15) is 0 Å². The summed E-state index contributed by atoms with van der Waals surface area (Å²) >= 11 is 0. The van der Waals surface area contributed by atoms with Crippen molar-refractivity contribution in [3.05, 3.63) is 47.7 Å². The Morgan fingerprint density at radius 3 is 2.73 bits per heavy atom. The molecule has 1 unspecified atom stereocenters. The Morgan fingerprint density at radius 2 is 2.05 bits per heavy atom. The minimum Gasteiger partial charge on any atom is -0.328 e. The fourth-order valence-electron chi connectivity index (χ4n) is 2.69. The summed E-state index contributed by atoms with van der Waals surface area (Å²) < 4.78 is 0. The first kappa shape index (κ1) is 16.6. The molecule has 0 radical (unpaired) electrons. The zero-order chi connectivity index (χ0) is 15.6. The molecule has 3 N–H and O–H groups in total. The van der Waals surface area contributed by atoms with E-state index in [2.05, 4.69) is 54.2 Å². The maximum absolute atomic E-state index is 11.7. The normalized spacial score (nSPS) is 17.7. The van der Waals surface area contributed by atoms with Gasteiger partial charge in [0.05, 0.1) is 13.1 Å². The lowest BCUT2D eigenvalue weighted by molar-refractivity contribution is -0.909. The topological polar surface area (TPSA) is 45.6 Å². The number of rotatable bonds is 8. The Hall–Kier alpha value is -1.81. The largest absolute Gasteiger partial charge is 0.328 e. The Balaban J connectivity index is 1.67. The van der Waals surface area contributed by atoms with Crippen LogP contribution >= 0.6 is 0 Å². The van der Waals surface area contributed by atoms with Gasteiger partial charge in [-0.05, 0) is 12.5 Å². The molecule has 0 bridgehead atoms. The number of hydrazine groups is 1. The van der Waals surface area contributed by atoms with Gasteiger partial charge in [-0.15, -0.1) is 0 Å². The van der Waals surface area contributed by atoms with Crippen molar-refractivity contribution in [2.24, 2.45) is 0 Å². The number of hydrogen-bond acceptors (Lipinski definition) is 2. The molecular weight excluding hydrogens is 274 g/mol. The van der Waals surface area contributed by atoms with Crippen molar-refractivity contribution < 1.29 is 9.69 Å². The fourth-order valence-corrected chi connectivity index (χ4v) is 2.69. The predicted molar refractivity (Wildman–Crippen MR) is 89.0 cm³/mol. The molecule has 1 aromatic carbocycles. The number of benzene rings is 1. The average Bonchev–Trinajstić information content (AvgIpc) is 2.55. The monoisotopic (exact) mass is 302 g/mol. The Kier molecular flexibility index (Phi) is 6.97. The van der Waals surface area contributed by atoms with Crippen molar-refractivity contribution in [3.63, 3.8) is 0 Å². The van der Waals surface area contributed by atoms with Crippen LogP contribution in [0.4, 0.5) is 0 Å². The maximum atomic E-state index is 11.7. The molecule has 0 aromatic heterocycles. The molecule has 1 amide bonds. The summed E-state index contributed by atoms with van der Waals surface area (Å²) in [6.45, 7) is 5.31. The first-order valence-electron chi connectivity index (χ1n) is 8.39. The Bertz CT molecular complexity index is 484. The molecule has 1 aliphatic rings. The summed E-state index contributed by atoms with van der Waals surface area (Å²) in [6, 6.07) is 10.6. The van der Waals surface area contributed by atoms with Crippen LogP contribution in [0, 0.1) is 0 Å². The summed E-state index contributed by atoms with van der Waals surface area (Å²) in [5.41, 5.74) is 8.41. The highest BCUT2D eigenvalue weighted by molar-refractivity contribution is 5.75. The molecule has 0 saturated heterocycles. The summed E-state index contributed by atoms with van der Waals surface area (Å²) in [6.07, 6.45) is 7.03. The fraction of sp³-hybridized carbons (Fsp3) is 0.500. The van der Waals surface area contributed by atoms with E-state index >= 15 is 0 Å². The van der Waals surface area contributed by atoms with Gasteiger partial charge in [-0.1, -0.05) is 50.1 Å². The van der Waals surface area contributed by atoms with E-state index in [1.165, 1.54) is 5.56 Å². The van der Waals surface area contributed by atoms with Gasteiger partial charge in [0.15, 0.2) is 0 Å². The van der Waals surface area contributed by atoms with E-state index in [4.69, 9.17) is 0 Å². The second-order valence-corrected chi connectivity index (χ2v) is 5.98. The molecule has 1 aliphatic heterocycles. The van der Waals surface area contributed by atoms with Crippen LogP contribution in [-0.2, 0) is 11.3 Å². The SMILES string of the molecule is CCCCCC(=O)NNC1=CC[NH+](Cc2ccccc2)CC1. The number of carbonyl (C=O) groups is 1. The molecule has 120 valence electrons. The van der Waals surface area contributed by atoms with E-state index in [-0.39, 0.29) is 5.91 Å². The number of carbonyl (C=O) groups excluding carboxylic acids is 1. The highest BCUT2D eigenvalue weighted by atomic mass is 16.2. The standard InChI is InChI=1S/C18H27N3O/c1-2-3-5-10-18(22)20-19-17-11-13-21(14-12-17)15-16-8-6-4-7-9-16/h4,6-9,11,19H,2-3,5,10,12-15H2,1H3,(H,20,22)/p+1. The van der Waals surface area contributed by atoms with Gasteiger partial charge in [-0.3, -0.25) is 10.2 Å². The molecule has 0 aliphatic carbocycles. The van der Waals surface area contributed by atoms with Gasteiger partial charge in [0, 0.05) is 24.1 Å². The van der Waals surface area contributed by atoms with Crippen LogP contribution in [0.1, 0.15) is 44.6 Å². The van der Waals surface area contributed by atoms with Crippen molar-refractivity contribution in [3.8, 4) is 0 Å². The van der Waals surface area contributed by atoms with Crippen LogP contribution in [-0.4, -0.2) is 19.0 Å². The quantitative estimate of drug-likeness (QED) is 0.504. The summed E-state index contributed by atoms with van der Waals surface area (Å²) in [5, 5.41) is 0. The zero-order valence-corrected chi connectivity index (χ0v) is 13.5. The lowest BCUT2D eigenvalue weighted by Crippen LogP contribution is -3.11. The molecule has 4 nitrogen and oxygen atoms in total. The second kappa shape index (κ2) is 9.26. The Morgan fingerprint density at radius 1 is 1.23 bits per heavy atom. The lowest BCUT2D eigenvalue weighted by Gasteiger charge is -2.24. The van der Waals surface area contributed by atoms with Crippen LogP contribution in [0.2, 0.25) is 0 Å². The van der Waals surface area contributed by atoms with Crippen LogP contribution in [0.25, 0.3) is 0 Å². The maximum Gasteiger partial charge on any atom is 0.238 e. The number of hydrogen-bond donors (Lipinski definition) is 3. The minimum atomic E-state index is 0.0911. The van der Waals surface area contributed by atoms with Crippen molar-refractivity contribution in [2.75, 3.05) is 13.1 Å². The van der Waals surface area contributed by atoms with Gasteiger partial charge in [-0.25, -0.2) is 0 Å². The van der Waals surface area contributed by atoms with E-state index in [1.807, 2.05) is 0 Å². The molecule has 4 heteroatoms. The van der Waals surface area contributed by atoms with Gasteiger partial charge in [0.2, 0.25) is 5.91 Å². The summed E-state index contributed by atoms with van der Waals surface area (Å²) in [5.74, 6) is 0.0911. The van der Waals surface area contributed by atoms with E-state index in [1.54, 1.807) is 4.90 Å². The lowest BCUT2D eigenvalue weighted by atomic mass is 10.1. The van der Waals surface area contributed by atoms with Crippen molar-refractivity contribution in [2.45, 2.75) is 45.6 Å². The van der Waals surface area contributed by atoms with Gasteiger partial charge in [0.25, 0.3) is 0 Å². The van der Waals surface area contributed by atoms with Crippen LogP contribution in [0.5, 0.6) is 0 Å². The van der Waals surface area contributed by atoms with Crippen LogP contribution in [0.15, 0.2) is 42.1 Å². The highest BCUT2D eigenvalue weighted by Crippen LogP contribution is 2.01. The smallest absolute Gasteiger partial charge is 0.238 e. The van der Waals surface area contributed by atoms with E-state index < -0.39 is 0 Å². The van der Waals surface area contributed by atoms with E-state index in [0.717, 1.165) is 51.0 Å². The highest BCUT2D eigenvalue weighted by Gasteiger charge is 2.15. The zero-order valence-electron chi connectivity index (χ0n) is 13.5. The Labute approximate surface area is 133 Å². The molecule has 0 saturated carbocycles. The van der Waals surface area contributed by atoms with E-state index in [9.17, 15) is 4.79 Å². The molecule has 22 heavy (non-hydrogen) atoms. The average molecular weight is 302 g/mol. The number of nitrogens with one attached hydrogen (secondary N) is 3. The summed E-state index contributed by atoms with van der Waals surface area (Å²) in [4.78, 5) is 13.2. The van der Waals surface area contributed by atoms with Crippen molar-refractivity contribution >= 4 is 5.91 Å². The van der Waals surface area contributed by atoms with Crippen molar-refractivity contribution in [1.29, 1.82) is 0 Å². The first-order chi connectivity index (χ1) is 10.8. The van der Waals surface area contributed by atoms with Gasteiger partial charge >= 0.3 is 0 Å². The summed E-state index contributed by atoms with van der Waals surface area (Å²) in [7, 11) is 0. The van der Waals surface area contributed by atoms with Crippen LogP contribution in [0.3, 0.4) is 0 Å². The number of amides is 1. The third-order valence-corrected chi connectivity index (χ3v) is 4.05.